The van der Waals surface area contributed by atoms with Crippen LogP contribution in [0, 0.1) is 0 Å². The molecule has 0 aliphatic rings. The average molecular weight is 272 g/mol. The Kier molecular flexibility index (Phi) is 4.57. The van der Waals surface area contributed by atoms with Gasteiger partial charge in [-0.25, -0.2) is 4.79 Å². The molecule has 2 aromatic rings. The number of carbonyl (C=O) groups is 1. The average Bonchev–Trinajstić information content (AvgIpc) is 2.49. The van der Waals surface area contributed by atoms with Crippen LogP contribution < -0.4 is 15.4 Å². The number of urea groups is 1. The molecule has 0 atom stereocenters. The molecule has 0 aliphatic heterocycles. The third kappa shape index (κ3) is 3.73. The highest BCUT2D eigenvalue weighted by molar-refractivity contribution is 5.99. The van der Waals surface area contributed by atoms with E-state index in [9.17, 15) is 4.79 Å². The molecule has 0 saturated heterocycles. The summed E-state index contributed by atoms with van der Waals surface area (Å²) in [7, 11) is 1.59. The molecule has 0 aromatic heterocycles. The van der Waals surface area contributed by atoms with Crippen molar-refractivity contribution in [1.29, 1.82) is 0 Å². The van der Waals surface area contributed by atoms with Crippen molar-refractivity contribution in [3.8, 4) is 5.75 Å². The molecule has 2 rings (SSSR count). The van der Waals surface area contributed by atoms with Crippen molar-refractivity contribution < 1.29 is 14.6 Å². The number of carbonyl (C=O) groups excluding carboxylic acids is 1. The number of nitrogens with one attached hydrogen (secondary N) is 2. The van der Waals surface area contributed by atoms with Crippen molar-refractivity contribution in [3.05, 3.63) is 54.1 Å². The van der Waals surface area contributed by atoms with Crippen LogP contribution in [0.25, 0.3) is 0 Å². The van der Waals surface area contributed by atoms with Gasteiger partial charge in [0.2, 0.25) is 0 Å². The normalized spacial score (nSPS) is 9.90. The summed E-state index contributed by atoms with van der Waals surface area (Å²) in [6.07, 6.45) is 0. The molecular formula is C15H16N2O3. The molecule has 0 unspecified atom stereocenters. The fourth-order valence-corrected chi connectivity index (χ4v) is 1.66. The van der Waals surface area contributed by atoms with Crippen molar-refractivity contribution in [2.45, 2.75) is 6.61 Å². The van der Waals surface area contributed by atoms with Gasteiger partial charge in [-0.2, -0.15) is 0 Å². The van der Waals surface area contributed by atoms with E-state index in [4.69, 9.17) is 9.84 Å². The summed E-state index contributed by atoms with van der Waals surface area (Å²) < 4.78 is 5.04. The lowest BCUT2D eigenvalue weighted by Gasteiger charge is -2.08. The Morgan fingerprint density at radius 1 is 1.00 bits per heavy atom. The monoisotopic (exact) mass is 272 g/mol. The summed E-state index contributed by atoms with van der Waals surface area (Å²) in [5.41, 5.74) is 2.13. The van der Waals surface area contributed by atoms with E-state index in [1.807, 2.05) is 0 Å². The van der Waals surface area contributed by atoms with Crippen LogP contribution in [0.2, 0.25) is 0 Å². The highest BCUT2D eigenvalue weighted by Gasteiger charge is 2.03. The first-order chi connectivity index (χ1) is 9.71. The zero-order valence-electron chi connectivity index (χ0n) is 11.1. The second-order valence-electron chi connectivity index (χ2n) is 4.16. The van der Waals surface area contributed by atoms with Gasteiger partial charge in [-0.15, -0.1) is 0 Å². The molecule has 2 amide bonds. The largest absolute Gasteiger partial charge is 0.497 e. The third-order valence-electron chi connectivity index (χ3n) is 2.74. The molecule has 104 valence electrons. The molecule has 20 heavy (non-hydrogen) atoms. The number of benzene rings is 2. The molecule has 5 nitrogen and oxygen atoms in total. The Morgan fingerprint density at radius 2 is 1.50 bits per heavy atom. The predicted octanol–water partition coefficient (Wildman–Crippen LogP) is 2.83. The van der Waals surface area contributed by atoms with E-state index < -0.39 is 0 Å². The first-order valence-electron chi connectivity index (χ1n) is 6.13. The maximum atomic E-state index is 11.8. The Morgan fingerprint density at radius 3 is 1.95 bits per heavy atom. The van der Waals surface area contributed by atoms with E-state index in [0.29, 0.717) is 11.4 Å². The number of hydrogen-bond donors (Lipinski definition) is 3. The van der Waals surface area contributed by atoms with Gasteiger partial charge in [0.25, 0.3) is 0 Å². The molecule has 5 heteroatoms. The number of hydrogen-bond acceptors (Lipinski definition) is 3. The zero-order valence-corrected chi connectivity index (χ0v) is 11.1. The van der Waals surface area contributed by atoms with Crippen molar-refractivity contribution >= 4 is 17.4 Å². The van der Waals surface area contributed by atoms with Crippen LogP contribution in [0.3, 0.4) is 0 Å². The van der Waals surface area contributed by atoms with Crippen molar-refractivity contribution in [3.63, 3.8) is 0 Å². The van der Waals surface area contributed by atoms with E-state index in [1.165, 1.54) is 0 Å². The minimum Gasteiger partial charge on any atom is -0.497 e. The lowest BCUT2D eigenvalue weighted by Crippen LogP contribution is -2.19. The van der Waals surface area contributed by atoms with E-state index in [-0.39, 0.29) is 12.6 Å². The molecule has 2 aromatic carbocycles. The summed E-state index contributed by atoms with van der Waals surface area (Å²) in [6.45, 7) is -0.0156. The molecule has 0 bridgehead atoms. The Balaban J connectivity index is 1.93. The van der Waals surface area contributed by atoms with Crippen LogP contribution in [0.15, 0.2) is 48.5 Å². The Hall–Kier alpha value is -2.53. The number of aliphatic hydroxyl groups is 1. The summed E-state index contributed by atoms with van der Waals surface area (Å²) in [5.74, 6) is 0.732. The second kappa shape index (κ2) is 6.58. The van der Waals surface area contributed by atoms with Crippen LogP contribution in [-0.2, 0) is 6.61 Å². The molecule has 0 saturated carbocycles. The van der Waals surface area contributed by atoms with Crippen molar-refractivity contribution in [2.75, 3.05) is 17.7 Å². The van der Waals surface area contributed by atoms with Gasteiger partial charge in [0.1, 0.15) is 5.75 Å². The topological polar surface area (TPSA) is 70.6 Å². The first-order valence-corrected chi connectivity index (χ1v) is 6.13. The predicted molar refractivity (Wildman–Crippen MR) is 78.0 cm³/mol. The number of aliphatic hydroxyl groups excluding tert-OH is 1. The maximum Gasteiger partial charge on any atom is 0.323 e. The number of ether oxygens (including phenoxy) is 1. The van der Waals surface area contributed by atoms with Gasteiger partial charge < -0.3 is 20.5 Å². The molecule has 0 heterocycles. The smallest absolute Gasteiger partial charge is 0.323 e. The molecule has 0 spiro atoms. The highest BCUT2D eigenvalue weighted by atomic mass is 16.5. The van der Waals surface area contributed by atoms with E-state index in [2.05, 4.69) is 10.6 Å². The fraction of sp³-hybridized carbons (Fsp3) is 0.133. The lowest BCUT2D eigenvalue weighted by atomic mass is 10.2. The first kappa shape index (κ1) is 13.9. The third-order valence-corrected chi connectivity index (χ3v) is 2.74. The van der Waals surface area contributed by atoms with Gasteiger partial charge in [0.05, 0.1) is 13.7 Å². The summed E-state index contributed by atoms with van der Waals surface area (Å²) in [4.78, 5) is 11.8. The van der Waals surface area contributed by atoms with Gasteiger partial charge in [0.15, 0.2) is 0 Å². The van der Waals surface area contributed by atoms with Gasteiger partial charge in [-0.05, 0) is 42.0 Å². The lowest BCUT2D eigenvalue weighted by molar-refractivity contribution is 0.262. The molecule has 0 aliphatic carbocycles. The van der Waals surface area contributed by atoms with Crippen LogP contribution in [0.1, 0.15) is 5.56 Å². The number of methoxy groups -OCH3 is 1. The minimum absolute atomic E-state index is 0.0156. The molecule has 3 N–H and O–H groups in total. The van der Waals surface area contributed by atoms with Gasteiger partial charge in [-0.3, -0.25) is 0 Å². The standard InChI is InChI=1S/C15H16N2O3/c1-20-14-8-6-13(7-9-14)17-15(19)16-12-4-2-11(10-18)3-5-12/h2-9,18H,10H2,1H3,(H2,16,17,19). The van der Waals surface area contributed by atoms with Crippen molar-refractivity contribution in [2.24, 2.45) is 0 Å². The molecule has 0 radical (unpaired) electrons. The number of anilines is 2. The maximum absolute atomic E-state index is 11.8. The quantitative estimate of drug-likeness (QED) is 0.801. The Bertz CT molecular complexity index is 513. The van der Waals surface area contributed by atoms with E-state index >= 15 is 0 Å². The SMILES string of the molecule is COc1ccc(NC(=O)Nc2ccc(CO)cc2)cc1. The molecule has 0 fully saturated rings. The minimum atomic E-state index is -0.327. The number of rotatable bonds is 4. The van der Waals surface area contributed by atoms with E-state index in [0.717, 1.165) is 11.3 Å². The van der Waals surface area contributed by atoms with E-state index in [1.54, 1.807) is 55.6 Å². The summed E-state index contributed by atoms with van der Waals surface area (Å²) in [6, 6.07) is 13.7. The number of amides is 2. The Labute approximate surface area is 117 Å². The van der Waals surface area contributed by atoms with Gasteiger partial charge in [0, 0.05) is 11.4 Å². The zero-order chi connectivity index (χ0) is 14.4. The van der Waals surface area contributed by atoms with Crippen LogP contribution in [0.5, 0.6) is 5.75 Å². The van der Waals surface area contributed by atoms with Crippen LogP contribution >= 0.6 is 0 Å². The highest BCUT2D eigenvalue weighted by Crippen LogP contribution is 2.15. The van der Waals surface area contributed by atoms with Crippen LogP contribution in [-0.4, -0.2) is 18.2 Å². The fourth-order valence-electron chi connectivity index (χ4n) is 1.66. The summed E-state index contributed by atoms with van der Waals surface area (Å²) in [5, 5.41) is 14.4. The molecular weight excluding hydrogens is 256 g/mol. The van der Waals surface area contributed by atoms with Crippen LogP contribution in [0.4, 0.5) is 16.2 Å². The van der Waals surface area contributed by atoms with Gasteiger partial charge >= 0.3 is 6.03 Å². The second-order valence-corrected chi connectivity index (χ2v) is 4.16. The van der Waals surface area contributed by atoms with Gasteiger partial charge in [-0.1, -0.05) is 12.1 Å². The summed E-state index contributed by atoms with van der Waals surface area (Å²) >= 11 is 0. The van der Waals surface area contributed by atoms with Crippen molar-refractivity contribution in [1.82, 2.24) is 0 Å².